The molecule has 0 amide bonds. The largest absolute Gasteiger partial charge is 0.311 e. The molecule has 3 nitrogen and oxygen atoms in total. The minimum absolute atomic E-state index is 0.609. The van der Waals surface area contributed by atoms with E-state index in [1.807, 2.05) is 6.92 Å². The topological polar surface area (TPSA) is 32.3 Å². The molecule has 2 heterocycles. The Kier molecular flexibility index (Phi) is 4.17. The van der Waals surface area contributed by atoms with E-state index in [1.165, 1.54) is 32.4 Å². The smallest absolute Gasteiger partial charge is 0.0360 e. The summed E-state index contributed by atoms with van der Waals surface area (Å²) in [5.41, 5.74) is 0. The molecule has 3 atom stereocenters. The number of rotatable bonds is 5. The number of nitrogens with one attached hydrogen (secondary N) is 1. The molecule has 0 radical (unpaired) electrons. The Morgan fingerprint density at radius 1 is 1.40 bits per heavy atom. The van der Waals surface area contributed by atoms with Crippen LogP contribution >= 0.6 is 0 Å². The first kappa shape index (κ1) is 11.6. The SMILES string of the molecule is CCS(=O)CCNC1CCN2CCCC12. The van der Waals surface area contributed by atoms with Crippen LogP contribution in [0.4, 0.5) is 0 Å². The predicted octanol–water partition coefficient (Wildman–Crippen LogP) is 0.581. The summed E-state index contributed by atoms with van der Waals surface area (Å²) in [6, 6.07) is 1.45. The fraction of sp³-hybridized carbons (Fsp3) is 1.00. The van der Waals surface area contributed by atoms with Crippen molar-refractivity contribution in [1.29, 1.82) is 0 Å². The van der Waals surface area contributed by atoms with E-state index in [0.29, 0.717) is 6.04 Å². The summed E-state index contributed by atoms with van der Waals surface area (Å²) >= 11 is 0. The molecule has 1 N–H and O–H groups in total. The monoisotopic (exact) mass is 230 g/mol. The van der Waals surface area contributed by atoms with Gasteiger partial charge in [-0.1, -0.05) is 6.92 Å². The van der Waals surface area contributed by atoms with Crippen molar-refractivity contribution in [3.05, 3.63) is 0 Å². The van der Waals surface area contributed by atoms with Gasteiger partial charge in [0.05, 0.1) is 0 Å². The number of hydrogen-bond acceptors (Lipinski definition) is 3. The highest BCUT2D eigenvalue weighted by Gasteiger charge is 2.36. The van der Waals surface area contributed by atoms with Crippen LogP contribution in [0.5, 0.6) is 0 Å². The van der Waals surface area contributed by atoms with Gasteiger partial charge in [-0.2, -0.15) is 0 Å². The second-order valence-corrected chi connectivity index (χ2v) is 6.39. The van der Waals surface area contributed by atoms with Crippen LogP contribution in [0.2, 0.25) is 0 Å². The fourth-order valence-corrected chi connectivity index (χ4v) is 3.46. The molecule has 2 rings (SSSR count). The van der Waals surface area contributed by atoms with Gasteiger partial charge in [-0.15, -0.1) is 0 Å². The average molecular weight is 230 g/mol. The van der Waals surface area contributed by atoms with Crippen LogP contribution in [0.15, 0.2) is 0 Å². The molecule has 2 aliphatic rings. The van der Waals surface area contributed by atoms with Crippen LogP contribution < -0.4 is 5.32 Å². The minimum Gasteiger partial charge on any atom is -0.311 e. The summed E-state index contributed by atoms with van der Waals surface area (Å²) in [6.07, 6.45) is 4.00. The lowest BCUT2D eigenvalue weighted by Crippen LogP contribution is -2.40. The van der Waals surface area contributed by atoms with E-state index < -0.39 is 10.8 Å². The van der Waals surface area contributed by atoms with Gasteiger partial charge in [0.1, 0.15) is 0 Å². The zero-order chi connectivity index (χ0) is 10.7. The third-order valence-electron chi connectivity index (χ3n) is 3.66. The first-order valence-electron chi connectivity index (χ1n) is 6.13. The zero-order valence-electron chi connectivity index (χ0n) is 9.58. The van der Waals surface area contributed by atoms with Crippen molar-refractivity contribution in [1.82, 2.24) is 10.2 Å². The Labute approximate surface area is 95.1 Å². The maximum atomic E-state index is 11.3. The standard InChI is InChI=1S/C11H22N2OS/c1-2-15(14)9-6-12-10-5-8-13-7-3-4-11(10)13/h10-12H,2-9H2,1H3. The van der Waals surface area contributed by atoms with Crippen LogP contribution in [0, 0.1) is 0 Å². The molecule has 15 heavy (non-hydrogen) atoms. The second kappa shape index (κ2) is 5.41. The van der Waals surface area contributed by atoms with E-state index in [4.69, 9.17) is 0 Å². The van der Waals surface area contributed by atoms with Crippen molar-refractivity contribution in [3.63, 3.8) is 0 Å². The Morgan fingerprint density at radius 3 is 3.07 bits per heavy atom. The summed E-state index contributed by atoms with van der Waals surface area (Å²) in [4.78, 5) is 2.61. The lowest BCUT2D eigenvalue weighted by atomic mass is 10.1. The summed E-state index contributed by atoms with van der Waals surface area (Å²) in [6.45, 7) is 5.47. The maximum Gasteiger partial charge on any atom is 0.0360 e. The fourth-order valence-electron chi connectivity index (χ4n) is 2.82. The van der Waals surface area contributed by atoms with Crippen molar-refractivity contribution >= 4 is 10.8 Å². The van der Waals surface area contributed by atoms with Gasteiger partial charge >= 0.3 is 0 Å². The Bertz CT molecular complexity index is 235. The average Bonchev–Trinajstić information content (AvgIpc) is 2.81. The van der Waals surface area contributed by atoms with Crippen LogP contribution in [-0.2, 0) is 10.8 Å². The van der Waals surface area contributed by atoms with Gasteiger partial charge in [-0.3, -0.25) is 9.11 Å². The third kappa shape index (κ3) is 2.80. The van der Waals surface area contributed by atoms with Gasteiger partial charge in [0.2, 0.25) is 0 Å². The summed E-state index contributed by atoms with van der Waals surface area (Å²) in [5.74, 6) is 1.61. The lowest BCUT2D eigenvalue weighted by molar-refractivity contribution is 0.301. The Hall–Kier alpha value is 0.0700. The summed E-state index contributed by atoms with van der Waals surface area (Å²) < 4.78 is 11.3. The van der Waals surface area contributed by atoms with Crippen molar-refractivity contribution in [2.24, 2.45) is 0 Å². The molecule has 3 unspecified atom stereocenters. The van der Waals surface area contributed by atoms with E-state index in [1.54, 1.807) is 0 Å². The van der Waals surface area contributed by atoms with Crippen molar-refractivity contribution in [2.45, 2.75) is 38.3 Å². The lowest BCUT2D eigenvalue weighted by Gasteiger charge is -2.21. The minimum atomic E-state index is -0.609. The molecule has 4 heteroatoms. The van der Waals surface area contributed by atoms with Crippen molar-refractivity contribution in [2.75, 3.05) is 31.1 Å². The number of hydrogen-bond donors (Lipinski definition) is 1. The Balaban J connectivity index is 1.69. The van der Waals surface area contributed by atoms with Crippen LogP contribution in [0.25, 0.3) is 0 Å². The molecule has 2 saturated heterocycles. The number of nitrogens with zero attached hydrogens (tertiary/aromatic N) is 1. The van der Waals surface area contributed by atoms with Gasteiger partial charge in [0, 0.05) is 47.5 Å². The summed E-state index contributed by atoms with van der Waals surface area (Å²) in [7, 11) is -0.609. The molecule has 88 valence electrons. The molecule has 0 spiro atoms. The zero-order valence-corrected chi connectivity index (χ0v) is 10.4. The third-order valence-corrected chi connectivity index (χ3v) is 4.97. The van der Waals surface area contributed by atoms with Crippen LogP contribution in [-0.4, -0.2) is 52.3 Å². The molecular weight excluding hydrogens is 208 g/mol. The Morgan fingerprint density at radius 2 is 2.27 bits per heavy atom. The molecule has 0 aromatic heterocycles. The van der Waals surface area contributed by atoms with Crippen LogP contribution in [0.3, 0.4) is 0 Å². The molecule has 2 fully saturated rings. The highest BCUT2D eigenvalue weighted by atomic mass is 32.2. The van der Waals surface area contributed by atoms with Crippen LogP contribution in [0.1, 0.15) is 26.2 Å². The highest BCUT2D eigenvalue weighted by Crippen LogP contribution is 2.27. The highest BCUT2D eigenvalue weighted by molar-refractivity contribution is 7.84. The quantitative estimate of drug-likeness (QED) is 0.750. The molecule has 2 aliphatic heterocycles. The first-order chi connectivity index (χ1) is 7.31. The van der Waals surface area contributed by atoms with Gasteiger partial charge < -0.3 is 5.32 Å². The molecular formula is C11H22N2OS. The van der Waals surface area contributed by atoms with E-state index in [-0.39, 0.29) is 0 Å². The molecule has 0 aliphatic carbocycles. The van der Waals surface area contributed by atoms with Gasteiger partial charge in [0.25, 0.3) is 0 Å². The van der Waals surface area contributed by atoms with E-state index in [0.717, 1.165) is 24.1 Å². The van der Waals surface area contributed by atoms with E-state index in [2.05, 4.69) is 10.2 Å². The predicted molar refractivity (Wildman–Crippen MR) is 64.6 cm³/mol. The molecule has 0 saturated carbocycles. The van der Waals surface area contributed by atoms with E-state index in [9.17, 15) is 4.21 Å². The first-order valence-corrected chi connectivity index (χ1v) is 7.62. The van der Waals surface area contributed by atoms with Crippen molar-refractivity contribution in [3.8, 4) is 0 Å². The summed E-state index contributed by atoms with van der Waals surface area (Å²) in [5, 5.41) is 3.58. The van der Waals surface area contributed by atoms with E-state index >= 15 is 0 Å². The normalized spacial score (nSPS) is 33.1. The van der Waals surface area contributed by atoms with Crippen molar-refractivity contribution < 1.29 is 4.21 Å². The maximum absolute atomic E-state index is 11.3. The molecule has 0 aromatic carbocycles. The van der Waals surface area contributed by atoms with Gasteiger partial charge in [-0.05, 0) is 25.8 Å². The number of fused-ring (bicyclic) bond motifs is 1. The van der Waals surface area contributed by atoms with Gasteiger partial charge in [0.15, 0.2) is 0 Å². The molecule has 0 bridgehead atoms. The second-order valence-electron chi connectivity index (χ2n) is 4.53. The van der Waals surface area contributed by atoms with Gasteiger partial charge in [-0.25, -0.2) is 0 Å². The molecule has 0 aromatic rings.